The SMILES string of the molecule is CC(=O)c1ccc(S)c(S)c1. The van der Waals surface area contributed by atoms with Gasteiger partial charge in [0.1, 0.15) is 0 Å². The summed E-state index contributed by atoms with van der Waals surface area (Å²) in [4.78, 5) is 12.4. The van der Waals surface area contributed by atoms with Crippen LogP contribution in [0.25, 0.3) is 0 Å². The highest BCUT2D eigenvalue weighted by atomic mass is 32.1. The van der Waals surface area contributed by atoms with Gasteiger partial charge in [0.05, 0.1) is 0 Å². The van der Waals surface area contributed by atoms with Crippen LogP contribution in [0.4, 0.5) is 0 Å². The Bertz CT molecular complexity index is 294. The number of carbonyl (C=O) groups is 1. The molecule has 0 heterocycles. The standard InChI is InChI=1S/C8H8OS2/c1-5(9)6-2-3-7(10)8(11)4-6/h2-4,10-11H,1H3. The first kappa shape index (κ1) is 8.68. The minimum Gasteiger partial charge on any atom is -0.295 e. The number of carbonyl (C=O) groups excluding carboxylic acids is 1. The summed E-state index contributed by atoms with van der Waals surface area (Å²) in [6.45, 7) is 1.53. The highest BCUT2D eigenvalue weighted by Crippen LogP contribution is 2.19. The minimum absolute atomic E-state index is 0.0497. The maximum absolute atomic E-state index is 10.8. The van der Waals surface area contributed by atoms with E-state index >= 15 is 0 Å². The molecule has 0 amide bonds. The Morgan fingerprint density at radius 2 is 1.91 bits per heavy atom. The summed E-state index contributed by atoms with van der Waals surface area (Å²) in [5.41, 5.74) is 0.674. The van der Waals surface area contributed by atoms with Crippen molar-refractivity contribution in [3.8, 4) is 0 Å². The van der Waals surface area contributed by atoms with E-state index in [9.17, 15) is 4.79 Å². The Labute approximate surface area is 76.6 Å². The van der Waals surface area contributed by atoms with Crippen molar-refractivity contribution >= 4 is 31.0 Å². The van der Waals surface area contributed by atoms with Crippen LogP contribution in [0, 0.1) is 0 Å². The molecule has 3 heteroatoms. The zero-order chi connectivity index (χ0) is 8.43. The Kier molecular flexibility index (Phi) is 2.62. The van der Waals surface area contributed by atoms with Crippen LogP contribution in [0.3, 0.4) is 0 Å². The smallest absolute Gasteiger partial charge is 0.159 e. The topological polar surface area (TPSA) is 17.1 Å². The van der Waals surface area contributed by atoms with Crippen molar-refractivity contribution in [1.82, 2.24) is 0 Å². The molecule has 1 aromatic carbocycles. The van der Waals surface area contributed by atoms with Gasteiger partial charge >= 0.3 is 0 Å². The van der Waals surface area contributed by atoms with Crippen LogP contribution in [-0.4, -0.2) is 5.78 Å². The minimum atomic E-state index is 0.0497. The molecule has 0 fully saturated rings. The molecule has 0 unspecified atom stereocenters. The Morgan fingerprint density at radius 1 is 1.27 bits per heavy atom. The van der Waals surface area contributed by atoms with Crippen molar-refractivity contribution in [2.45, 2.75) is 16.7 Å². The number of hydrogen-bond donors (Lipinski definition) is 2. The summed E-state index contributed by atoms with van der Waals surface area (Å²) < 4.78 is 0. The molecule has 1 nitrogen and oxygen atoms in total. The predicted octanol–water partition coefficient (Wildman–Crippen LogP) is 2.47. The lowest BCUT2D eigenvalue weighted by atomic mass is 10.1. The summed E-state index contributed by atoms with van der Waals surface area (Å²) in [6, 6.07) is 5.22. The Hall–Kier alpha value is -0.410. The van der Waals surface area contributed by atoms with Crippen LogP contribution in [0.5, 0.6) is 0 Å². The van der Waals surface area contributed by atoms with E-state index in [4.69, 9.17) is 0 Å². The van der Waals surface area contributed by atoms with Crippen LogP contribution in [0.1, 0.15) is 17.3 Å². The third kappa shape index (κ3) is 2.01. The molecule has 11 heavy (non-hydrogen) atoms. The molecule has 1 aromatic rings. The largest absolute Gasteiger partial charge is 0.295 e. The van der Waals surface area contributed by atoms with Gasteiger partial charge in [-0.25, -0.2) is 0 Å². The fourth-order valence-corrected chi connectivity index (χ4v) is 1.10. The molecule has 0 N–H and O–H groups in total. The van der Waals surface area contributed by atoms with Crippen LogP contribution >= 0.6 is 25.3 Å². The molecule has 58 valence electrons. The van der Waals surface area contributed by atoms with E-state index in [0.717, 1.165) is 9.79 Å². The van der Waals surface area contributed by atoms with E-state index in [1.54, 1.807) is 18.2 Å². The van der Waals surface area contributed by atoms with Gasteiger partial charge in [0.15, 0.2) is 5.78 Å². The fraction of sp³-hybridized carbons (Fsp3) is 0.125. The average molecular weight is 184 g/mol. The summed E-state index contributed by atoms with van der Waals surface area (Å²) in [5, 5.41) is 0. The molecule has 0 aliphatic heterocycles. The van der Waals surface area contributed by atoms with E-state index in [1.165, 1.54) is 6.92 Å². The monoisotopic (exact) mass is 184 g/mol. The third-order valence-electron chi connectivity index (χ3n) is 1.38. The molecule has 0 aliphatic carbocycles. The van der Waals surface area contributed by atoms with E-state index in [2.05, 4.69) is 25.3 Å². The highest BCUT2D eigenvalue weighted by Gasteiger charge is 2.00. The first-order chi connectivity index (χ1) is 5.11. The Balaban J connectivity index is 3.15. The molecule has 0 aromatic heterocycles. The zero-order valence-corrected chi connectivity index (χ0v) is 7.82. The summed E-state index contributed by atoms with van der Waals surface area (Å²) >= 11 is 8.26. The second-order valence-corrected chi connectivity index (χ2v) is 3.22. The van der Waals surface area contributed by atoms with Gasteiger partial charge in [-0.3, -0.25) is 4.79 Å². The van der Waals surface area contributed by atoms with Crippen molar-refractivity contribution in [3.63, 3.8) is 0 Å². The lowest BCUT2D eigenvalue weighted by Crippen LogP contribution is -1.90. The number of rotatable bonds is 1. The molecule has 0 spiro atoms. The molecule has 0 atom stereocenters. The van der Waals surface area contributed by atoms with Gasteiger partial charge in [0, 0.05) is 15.4 Å². The van der Waals surface area contributed by atoms with E-state index < -0.39 is 0 Å². The second kappa shape index (κ2) is 3.32. The first-order valence-corrected chi connectivity index (χ1v) is 4.03. The van der Waals surface area contributed by atoms with Gasteiger partial charge in [-0.1, -0.05) is 6.07 Å². The number of ketones is 1. The molecule has 0 bridgehead atoms. The van der Waals surface area contributed by atoms with Gasteiger partial charge < -0.3 is 0 Å². The zero-order valence-electron chi connectivity index (χ0n) is 6.03. The summed E-state index contributed by atoms with van der Waals surface area (Å²) in [7, 11) is 0. The summed E-state index contributed by atoms with van der Waals surface area (Å²) in [5.74, 6) is 0.0497. The highest BCUT2D eigenvalue weighted by molar-refractivity contribution is 7.83. The molecule has 0 radical (unpaired) electrons. The van der Waals surface area contributed by atoms with Gasteiger partial charge in [-0.2, -0.15) is 0 Å². The van der Waals surface area contributed by atoms with Crippen molar-refractivity contribution < 1.29 is 4.79 Å². The number of benzene rings is 1. The Morgan fingerprint density at radius 3 is 2.36 bits per heavy atom. The molecular formula is C8H8OS2. The van der Waals surface area contributed by atoms with Crippen molar-refractivity contribution in [3.05, 3.63) is 23.8 Å². The quantitative estimate of drug-likeness (QED) is 0.506. The molecule has 1 rings (SSSR count). The third-order valence-corrected chi connectivity index (χ3v) is 2.32. The lowest BCUT2D eigenvalue weighted by Gasteiger charge is -1.99. The van der Waals surface area contributed by atoms with Gasteiger partial charge in [-0.05, 0) is 19.1 Å². The fourth-order valence-electron chi connectivity index (χ4n) is 0.742. The first-order valence-electron chi connectivity index (χ1n) is 3.14. The number of thiol groups is 2. The van der Waals surface area contributed by atoms with Crippen LogP contribution in [0.2, 0.25) is 0 Å². The maximum atomic E-state index is 10.8. The van der Waals surface area contributed by atoms with Gasteiger partial charge in [0.25, 0.3) is 0 Å². The second-order valence-electron chi connectivity index (χ2n) is 2.26. The summed E-state index contributed by atoms with van der Waals surface area (Å²) in [6.07, 6.45) is 0. The van der Waals surface area contributed by atoms with Crippen LogP contribution in [0.15, 0.2) is 28.0 Å². The van der Waals surface area contributed by atoms with Gasteiger partial charge in [-0.15, -0.1) is 25.3 Å². The lowest BCUT2D eigenvalue weighted by molar-refractivity contribution is 0.101. The molecular weight excluding hydrogens is 176 g/mol. The molecule has 0 aliphatic rings. The number of hydrogen-bond acceptors (Lipinski definition) is 3. The molecule has 0 saturated heterocycles. The normalized spacial score (nSPS) is 9.73. The van der Waals surface area contributed by atoms with E-state index in [0.29, 0.717) is 5.56 Å². The average Bonchev–Trinajstić information content (AvgIpc) is 1.94. The number of Topliss-reactive ketones (excluding diaryl/α,β-unsaturated/α-hetero) is 1. The van der Waals surface area contributed by atoms with Crippen molar-refractivity contribution in [2.75, 3.05) is 0 Å². The van der Waals surface area contributed by atoms with Crippen molar-refractivity contribution in [2.24, 2.45) is 0 Å². The van der Waals surface area contributed by atoms with Gasteiger partial charge in [0.2, 0.25) is 0 Å². The van der Waals surface area contributed by atoms with E-state index in [1.807, 2.05) is 0 Å². The van der Waals surface area contributed by atoms with Crippen molar-refractivity contribution in [1.29, 1.82) is 0 Å². The van der Waals surface area contributed by atoms with Crippen LogP contribution < -0.4 is 0 Å². The molecule has 0 saturated carbocycles. The predicted molar refractivity (Wildman–Crippen MR) is 51.0 cm³/mol. The maximum Gasteiger partial charge on any atom is 0.159 e. The van der Waals surface area contributed by atoms with Crippen LogP contribution in [-0.2, 0) is 0 Å². The van der Waals surface area contributed by atoms with E-state index in [-0.39, 0.29) is 5.78 Å².